The van der Waals surface area contributed by atoms with E-state index in [1.807, 2.05) is 0 Å². The number of carbonyl (C=O) groups is 1. The summed E-state index contributed by atoms with van der Waals surface area (Å²) >= 11 is 0. The molecule has 3 heteroatoms. The number of aryl methyl sites for hydroxylation is 1. The summed E-state index contributed by atoms with van der Waals surface area (Å²) in [6.45, 7) is 1.73. The van der Waals surface area contributed by atoms with Crippen LogP contribution in [0.15, 0.2) is 18.2 Å². The number of fused-ring (bicyclic) bond motifs is 1. The first-order valence-corrected chi connectivity index (χ1v) is 4.60. The summed E-state index contributed by atoms with van der Waals surface area (Å²) in [5, 5.41) is 18.4. The Morgan fingerprint density at radius 3 is 2.86 bits per heavy atom. The molecular formula is C11H12O3. The first-order valence-electron chi connectivity index (χ1n) is 4.60. The maximum Gasteiger partial charge on any atom is 0.313 e. The van der Waals surface area contributed by atoms with E-state index >= 15 is 0 Å². The zero-order chi connectivity index (χ0) is 10.3. The molecule has 1 aromatic rings. The third-order valence-electron chi connectivity index (χ3n) is 3.05. The molecule has 0 aromatic heterocycles. The van der Waals surface area contributed by atoms with Crippen LogP contribution in [0.5, 0.6) is 5.75 Å². The van der Waals surface area contributed by atoms with Crippen molar-refractivity contribution in [2.45, 2.75) is 25.2 Å². The minimum absolute atomic E-state index is 0.207. The molecule has 1 aliphatic carbocycles. The van der Waals surface area contributed by atoms with Crippen LogP contribution in [0.25, 0.3) is 0 Å². The fraction of sp³-hybridized carbons (Fsp3) is 0.364. The van der Waals surface area contributed by atoms with Crippen LogP contribution in [-0.2, 0) is 16.6 Å². The van der Waals surface area contributed by atoms with Gasteiger partial charge in [0, 0.05) is 0 Å². The van der Waals surface area contributed by atoms with Gasteiger partial charge in [-0.1, -0.05) is 6.07 Å². The molecular weight excluding hydrogens is 180 g/mol. The van der Waals surface area contributed by atoms with E-state index in [9.17, 15) is 9.90 Å². The Morgan fingerprint density at radius 2 is 2.21 bits per heavy atom. The average Bonchev–Trinajstić information content (AvgIpc) is 2.45. The van der Waals surface area contributed by atoms with Crippen molar-refractivity contribution in [1.82, 2.24) is 0 Å². The Kier molecular flexibility index (Phi) is 1.77. The molecule has 0 heterocycles. The maximum atomic E-state index is 11.1. The second-order valence-corrected chi connectivity index (χ2v) is 3.98. The minimum atomic E-state index is -0.790. The highest BCUT2D eigenvalue weighted by atomic mass is 16.4. The summed E-state index contributed by atoms with van der Waals surface area (Å²) in [6.07, 6.45) is 1.34. The fourth-order valence-corrected chi connectivity index (χ4v) is 2.07. The number of hydrogen-bond donors (Lipinski definition) is 2. The molecule has 0 spiro atoms. The van der Waals surface area contributed by atoms with Gasteiger partial charge in [0.1, 0.15) is 5.75 Å². The minimum Gasteiger partial charge on any atom is -0.508 e. The second-order valence-electron chi connectivity index (χ2n) is 3.98. The third kappa shape index (κ3) is 1.09. The SMILES string of the molecule is CC1(C(=O)O)CCc2cc(O)ccc21. The molecule has 0 aliphatic heterocycles. The van der Waals surface area contributed by atoms with Gasteiger partial charge in [-0.3, -0.25) is 4.79 Å². The van der Waals surface area contributed by atoms with Crippen LogP contribution in [-0.4, -0.2) is 16.2 Å². The predicted molar refractivity (Wildman–Crippen MR) is 51.4 cm³/mol. The van der Waals surface area contributed by atoms with Gasteiger partial charge in [-0.25, -0.2) is 0 Å². The number of benzene rings is 1. The van der Waals surface area contributed by atoms with Crippen molar-refractivity contribution in [2.75, 3.05) is 0 Å². The summed E-state index contributed by atoms with van der Waals surface area (Å²) in [7, 11) is 0. The molecule has 2 rings (SSSR count). The molecule has 0 fully saturated rings. The number of phenols is 1. The zero-order valence-electron chi connectivity index (χ0n) is 7.95. The third-order valence-corrected chi connectivity index (χ3v) is 3.05. The van der Waals surface area contributed by atoms with Gasteiger partial charge in [-0.05, 0) is 43.0 Å². The van der Waals surface area contributed by atoms with E-state index in [0.717, 1.165) is 17.5 Å². The molecule has 0 amide bonds. The summed E-state index contributed by atoms with van der Waals surface area (Å²) in [5.41, 5.74) is 1.01. The average molecular weight is 192 g/mol. The quantitative estimate of drug-likeness (QED) is 0.711. The lowest BCUT2D eigenvalue weighted by Gasteiger charge is -2.19. The van der Waals surface area contributed by atoms with E-state index in [0.29, 0.717) is 6.42 Å². The Balaban J connectivity index is 2.55. The largest absolute Gasteiger partial charge is 0.508 e. The van der Waals surface area contributed by atoms with E-state index < -0.39 is 11.4 Å². The van der Waals surface area contributed by atoms with Crippen molar-refractivity contribution in [3.05, 3.63) is 29.3 Å². The molecule has 14 heavy (non-hydrogen) atoms. The molecule has 1 unspecified atom stereocenters. The molecule has 1 aromatic carbocycles. The van der Waals surface area contributed by atoms with Crippen molar-refractivity contribution < 1.29 is 15.0 Å². The Labute approximate surface area is 82.0 Å². The van der Waals surface area contributed by atoms with Gasteiger partial charge in [-0.2, -0.15) is 0 Å². The van der Waals surface area contributed by atoms with Gasteiger partial charge >= 0.3 is 5.97 Å². The van der Waals surface area contributed by atoms with Gasteiger partial charge in [0.05, 0.1) is 5.41 Å². The molecule has 0 bridgehead atoms. The molecule has 1 aliphatic rings. The van der Waals surface area contributed by atoms with Crippen LogP contribution in [0.1, 0.15) is 24.5 Å². The zero-order valence-corrected chi connectivity index (χ0v) is 7.95. The highest BCUT2D eigenvalue weighted by molar-refractivity contribution is 5.82. The maximum absolute atomic E-state index is 11.1. The standard InChI is InChI=1S/C11H12O3/c1-11(10(13)14)5-4-7-6-8(12)2-3-9(7)11/h2-3,6,12H,4-5H2,1H3,(H,13,14). The smallest absolute Gasteiger partial charge is 0.313 e. The van der Waals surface area contributed by atoms with Crippen molar-refractivity contribution in [1.29, 1.82) is 0 Å². The first kappa shape index (κ1) is 9.06. The van der Waals surface area contributed by atoms with Gasteiger partial charge < -0.3 is 10.2 Å². The highest BCUT2D eigenvalue weighted by Gasteiger charge is 2.40. The van der Waals surface area contributed by atoms with Gasteiger partial charge in [0.25, 0.3) is 0 Å². The number of carboxylic acid groups (broad SMARTS) is 1. The highest BCUT2D eigenvalue weighted by Crippen LogP contribution is 2.40. The number of phenolic OH excluding ortho intramolecular Hbond substituents is 1. The topological polar surface area (TPSA) is 57.5 Å². The Bertz CT molecular complexity index is 398. The van der Waals surface area contributed by atoms with E-state index in [1.54, 1.807) is 25.1 Å². The first-order chi connectivity index (χ1) is 6.54. The number of rotatable bonds is 1. The Hall–Kier alpha value is -1.51. The number of carboxylic acids is 1. The summed E-state index contributed by atoms with van der Waals surface area (Å²) in [5.74, 6) is -0.583. The Morgan fingerprint density at radius 1 is 1.50 bits per heavy atom. The van der Waals surface area contributed by atoms with Crippen LogP contribution in [0, 0.1) is 0 Å². The molecule has 74 valence electrons. The van der Waals surface area contributed by atoms with Crippen LogP contribution in [0.4, 0.5) is 0 Å². The van der Waals surface area contributed by atoms with E-state index in [2.05, 4.69) is 0 Å². The molecule has 1 atom stereocenters. The van der Waals surface area contributed by atoms with Crippen molar-refractivity contribution >= 4 is 5.97 Å². The van der Waals surface area contributed by atoms with Crippen LogP contribution < -0.4 is 0 Å². The van der Waals surface area contributed by atoms with Crippen molar-refractivity contribution in [3.8, 4) is 5.75 Å². The van der Waals surface area contributed by atoms with Gasteiger partial charge in [0.2, 0.25) is 0 Å². The van der Waals surface area contributed by atoms with Crippen LogP contribution >= 0.6 is 0 Å². The summed E-state index contributed by atoms with van der Waals surface area (Å²) < 4.78 is 0. The number of aliphatic carboxylic acids is 1. The lowest BCUT2D eigenvalue weighted by molar-refractivity contribution is -0.143. The molecule has 0 saturated heterocycles. The number of aromatic hydroxyl groups is 1. The number of hydrogen-bond acceptors (Lipinski definition) is 2. The van der Waals surface area contributed by atoms with Crippen molar-refractivity contribution in [3.63, 3.8) is 0 Å². The molecule has 0 radical (unpaired) electrons. The summed E-state index contributed by atoms with van der Waals surface area (Å²) in [6, 6.07) is 4.92. The molecule has 3 nitrogen and oxygen atoms in total. The second kappa shape index (κ2) is 2.74. The van der Waals surface area contributed by atoms with E-state index in [4.69, 9.17) is 5.11 Å². The lowest BCUT2D eigenvalue weighted by Crippen LogP contribution is -2.29. The van der Waals surface area contributed by atoms with Crippen LogP contribution in [0.2, 0.25) is 0 Å². The monoisotopic (exact) mass is 192 g/mol. The van der Waals surface area contributed by atoms with E-state index in [-0.39, 0.29) is 5.75 Å². The van der Waals surface area contributed by atoms with Gasteiger partial charge in [0.15, 0.2) is 0 Å². The van der Waals surface area contributed by atoms with E-state index in [1.165, 1.54) is 0 Å². The predicted octanol–water partition coefficient (Wildman–Crippen LogP) is 1.68. The summed E-state index contributed by atoms with van der Waals surface area (Å²) in [4.78, 5) is 11.1. The molecule has 0 saturated carbocycles. The van der Waals surface area contributed by atoms with Crippen LogP contribution in [0.3, 0.4) is 0 Å². The van der Waals surface area contributed by atoms with Gasteiger partial charge in [-0.15, -0.1) is 0 Å². The van der Waals surface area contributed by atoms with Crippen molar-refractivity contribution in [2.24, 2.45) is 0 Å². The fourth-order valence-electron chi connectivity index (χ4n) is 2.07. The lowest BCUT2D eigenvalue weighted by atomic mass is 9.84. The normalized spacial score (nSPS) is 24.6. The molecule has 2 N–H and O–H groups in total.